The lowest BCUT2D eigenvalue weighted by Crippen LogP contribution is -2.53. The van der Waals surface area contributed by atoms with Gasteiger partial charge in [0.15, 0.2) is 0 Å². The Bertz CT molecular complexity index is 255. The van der Waals surface area contributed by atoms with E-state index in [9.17, 15) is 9.59 Å². The highest BCUT2D eigenvalue weighted by molar-refractivity contribution is 5.81. The van der Waals surface area contributed by atoms with Crippen LogP contribution in [0.25, 0.3) is 0 Å². The van der Waals surface area contributed by atoms with Crippen LogP contribution in [-0.2, 0) is 14.3 Å². The van der Waals surface area contributed by atoms with Gasteiger partial charge in [0.25, 0.3) is 0 Å². The van der Waals surface area contributed by atoms with Crippen molar-refractivity contribution in [1.82, 2.24) is 4.90 Å². The Morgan fingerprint density at radius 3 is 2.67 bits per heavy atom. The van der Waals surface area contributed by atoms with Crippen LogP contribution in [0.1, 0.15) is 26.2 Å². The number of primary amides is 1. The highest BCUT2D eigenvalue weighted by atomic mass is 16.5. The zero-order valence-electron chi connectivity index (χ0n) is 9.23. The van der Waals surface area contributed by atoms with Gasteiger partial charge in [0.2, 0.25) is 5.91 Å². The van der Waals surface area contributed by atoms with Gasteiger partial charge in [-0.25, -0.2) is 0 Å². The molecule has 5 nitrogen and oxygen atoms in total. The van der Waals surface area contributed by atoms with Gasteiger partial charge in [-0.05, 0) is 26.3 Å². The summed E-state index contributed by atoms with van der Waals surface area (Å²) in [6.07, 6.45) is 2.72. The van der Waals surface area contributed by atoms with Crippen molar-refractivity contribution in [2.24, 2.45) is 5.73 Å². The molecule has 0 aromatic rings. The monoisotopic (exact) mass is 214 g/mol. The van der Waals surface area contributed by atoms with Gasteiger partial charge in [-0.15, -0.1) is 0 Å². The molecule has 86 valence electrons. The number of ether oxygens (including phenoxy) is 1. The van der Waals surface area contributed by atoms with Gasteiger partial charge < -0.3 is 10.5 Å². The predicted octanol–water partition coefficient (Wildman–Crippen LogP) is -0.112. The van der Waals surface area contributed by atoms with Crippen LogP contribution in [0, 0.1) is 0 Å². The molecule has 1 aliphatic heterocycles. The van der Waals surface area contributed by atoms with Crippen LogP contribution in [-0.4, -0.2) is 42.5 Å². The summed E-state index contributed by atoms with van der Waals surface area (Å²) in [6.45, 7) is 2.45. The maximum Gasteiger partial charge on any atom is 0.323 e. The minimum Gasteiger partial charge on any atom is -0.468 e. The second kappa shape index (κ2) is 5.11. The molecule has 1 unspecified atom stereocenters. The third kappa shape index (κ3) is 2.68. The molecule has 5 heteroatoms. The smallest absolute Gasteiger partial charge is 0.323 e. The predicted molar refractivity (Wildman–Crippen MR) is 55.0 cm³/mol. The van der Waals surface area contributed by atoms with E-state index in [1.807, 2.05) is 4.90 Å². The molecule has 0 saturated carbocycles. The Morgan fingerprint density at radius 2 is 2.13 bits per heavy atom. The molecule has 0 aromatic heterocycles. The minimum atomic E-state index is -0.408. The van der Waals surface area contributed by atoms with Gasteiger partial charge in [-0.1, -0.05) is 6.42 Å². The number of amides is 1. The average Bonchev–Trinajstić information content (AvgIpc) is 2.27. The SMILES string of the molecule is COC(=O)[C@H]1CCCCN1C(C)C(N)=O. The summed E-state index contributed by atoms with van der Waals surface area (Å²) < 4.78 is 4.72. The first-order chi connectivity index (χ1) is 7.07. The van der Waals surface area contributed by atoms with Crippen LogP contribution in [0.3, 0.4) is 0 Å². The van der Waals surface area contributed by atoms with Crippen LogP contribution in [0.4, 0.5) is 0 Å². The summed E-state index contributed by atoms with van der Waals surface area (Å²) in [7, 11) is 1.37. The van der Waals surface area contributed by atoms with Gasteiger partial charge in [-0.3, -0.25) is 14.5 Å². The van der Waals surface area contributed by atoms with E-state index >= 15 is 0 Å². The molecule has 0 bridgehead atoms. The van der Waals surface area contributed by atoms with E-state index in [0.717, 1.165) is 25.8 Å². The quantitative estimate of drug-likeness (QED) is 0.665. The van der Waals surface area contributed by atoms with Crippen molar-refractivity contribution in [1.29, 1.82) is 0 Å². The van der Waals surface area contributed by atoms with E-state index in [1.165, 1.54) is 7.11 Å². The lowest BCUT2D eigenvalue weighted by molar-refractivity contribution is -0.150. The molecular weight excluding hydrogens is 196 g/mol. The van der Waals surface area contributed by atoms with Gasteiger partial charge in [0.05, 0.1) is 13.2 Å². The molecule has 1 heterocycles. The fraction of sp³-hybridized carbons (Fsp3) is 0.800. The number of hydrogen-bond donors (Lipinski definition) is 1. The molecule has 1 amide bonds. The summed E-state index contributed by atoms with van der Waals surface area (Å²) in [5.41, 5.74) is 5.24. The lowest BCUT2D eigenvalue weighted by atomic mass is 10.00. The molecule has 0 spiro atoms. The maximum absolute atomic E-state index is 11.5. The first-order valence-corrected chi connectivity index (χ1v) is 5.20. The number of piperidine rings is 1. The molecule has 1 rings (SSSR count). The summed E-state index contributed by atoms with van der Waals surface area (Å²) in [6, 6.07) is -0.722. The Labute approximate surface area is 89.6 Å². The zero-order valence-corrected chi connectivity index (χ0v) is 9.23. The van der Waals surface area contributed by atoms with Crippen molar-refractivity contribution in [2.75, 3.05) is 13.7 Å². The molecule has 15 heavy (non-hydrogen) atoms. The standard InChI is InChI=1S/C10H18N2O3/c1-7(9(11)13)12-6-4-3-5-8(12)10(14)15-2/h7-8H,3-6H2,1-2H3,(H2,11,13)/t7?,8-/m1/s1. The van der Waals surface area contributed by atoms with Crippen molar-refractivity contribution < 1.29 is 14.3 Å². The normalized spacial score (nSPS) is 24.5. The highest BCUT2D eigenvalue weighted by Gasteiger charge is 2.34. The Balaban J connectivity index is 2.73. The van der Waals surface area contributed by atoms with Crippen molar-refractivity contribution >= 4 is 11.9 Å². The highest BCUT2D eigenvalue weighted by Crippen LogP contribution is 2.20. The van der Waals surface area contributed by atoms with Crippen molar-refractivity contribution in [3.05, 3.63) is 0 Å². The van der Waals surface area contributed by atoms with E-state index < -0.39 is 11.9 Å². The second-order valence-electron chi connectivity index (χ2n) is 3.85. The molecule has 0 radical (unpaired) electrons. The Kier molecular flexibility index (Phi) is 4.08. The Morgan fingerprint density at radius 1 is 1.47 bits per heavy atom. The molecule has 1 fully saturated rings. The third-order valence-electron chi connectivity index (χ3n) is 2.93. The van der Waals surface area contributed by atoms with Crippen molar-refractivity contribution in [3.8, 4) is 0 Å². The summed E-state index contributed by atoms with van der Waals surface area (Å²) in [4.78, 5) is 24.4. The largest absolute Gasteiger partial charge is 0.468 e. The molecule has 0 aromatic carbocycles. The molecule has 1 saturated heterocycles. The summed E-state index contributed by atoms with van der Waals surface area (Å²) in [5.74, 6) is -0.673. The van der Waals surface area contributed by atoms with Gasteiger partial charge >= 0.3 is 5.97 Å². The summed E-state index contributed by atoms with van der Waals surface area (Å²) in [5, 5.41) is 0. The number of esters is 1. The molecule has 2 N–H and O–H groups in total. The van der Waals surface area contributed by atoms with E-state index in [4.69, 9.17) is 10.5 Å². The second-order valence-corrected chi connectivity index (χ2v) is 3.85. The van der Waals surface area contributed by atoms with E-state index in [1.54, 1.807) is 6.92 Å². The van der Waals surface area contributed by atoms with Gasteiger partial charge in [-0.2, -0.15) is 0 Å². The fourth-order valence-electron chi connectivity index (χ4n) is 1.97. The minimum absolute atomic E-state index is 0.275. The van der Waals surface area contributed by atoms with Gasteiger partial charge in [0.1, 0.15) is 6.04 Å². The first-order valence-electron chi connectivity index (χ1n) is 5.20. The van der Waals surface area contributed by atoms with E-state index in [0.29, 0.717) is 0 Å². The molecule has 2 atom stereocenters. The first kappa shape index (κ1) is 12.0. The fourth-order valence-corrected chi connectivity index (χ4v) is 1.97. The number of hydrogen-bond acceptors (Lipinski definition) is 4. The van der Waals surface area contributed by atoms with E-state index in [2.05, 4.69) is 0 Å². The maximum atomic E-state index is 11.5. The molecule has 1 aliphatic rings. The van der Waals surface area contributed by atoms with Crippen LogP contribution in [0.2, 0.25) is 0 Å². The zero-order chi connectivity index (χ0) is 11.4. The number of carbonyl (C=O) groups excluding carboxylic acids is 2. The van der Waals surface area contributed by atoms with Crippen LogP contribution in [0.5, 0.6) is 0 Å². The van der Waals surface area contributed by atoms with Crippen LogP contribution < -0.4 is 5.73 Å². The topological polar surface area (TPSA) is 72.6 Å². The third-order valence-corrected chi connectivity index (χ3v) is 2.93. The number of carbonyl (C=O) groups is 2. The number of methoxy groups -OCH3 is 1. The number of rotatable bonds is 3. The van der Waals surface area contributed by atoms with Crippen molar-refractivity contribution in [3.63, 3.8) is 0 Å². The van der Waals surface area contributed by atoms with Crippen LogP contribution in [0.15, 0.2) is 0 Å². The molecular formula is C10H18N2O3. The van der Waals surface area contributed by atoms with Gasteiger partial charge in [0, 0.05) is 0 Å². The Hall–Kier alpha value is -1.10. The number of nitrogens with zero attached hydrogens (tertiary/aromatic N) is 1. The summed E-state index contributed by atoms with van der Waals surface area (Å²) >= 11 is 0. The lowest BCUT2D eigenvalue weighted by Gasteiger charge is -2.36. The number of likely N-dealkylation sites (tertiary alicyclic amines) is 1. The van der Waals surface area contributed by atoms with Crippen LogP contribution >= 0.6 is 0 Å². The van der Waals surface area contributed by atoms with E-state index in [-0.39, 0.29) is 12.0 Å². The number of nitrogens with two attached hydrogens (primary N) is 1. The van der Waals surface area contributed by atoms with Crippen molar-refractivity contribution in [2.45, 2.75) is 38.3 Å². The molecule has 0 aliphatic carbocycles. The average molecular weight is 214 g/mol.